The van der Waals surface area contributed by atoms with Crippen molar-refractivity contribution in [2.24, 2.45) is 0 Å². The van der Waals surface area contributed by atoms with Gasteiger partial charge in [-0.25, -0.2) is 4.98 Å². The molecule has 4 aromatic rings. The number of halogens is 3. The highest BCUT2D eigenvalue weighted by molar-refractivity contribution is 7.53. The van der Waals surface area contributed by atoms with Gasteiger partial charge in [-0.3, -0.25) is 14.0 Å². The zero-order valence-electron chi connectivity index (χ0n) is 25.3. The van der Waals surface area contributed by atoms with E-state index in [0.29, 0.717) is 53.7 Å². The maximum atomic E-state index is 14.1. The molecule has 0 aliphatic carbocycles. The fraction of sp³-hybridized carbons (Fsp3) is 0.333. The SMILES string of the molecule is CCOP1(=O)Cc2ccc(c(OC)c2)Nc2ncc(C(F)(F)F)c(n2)Nc2ccc(cc2C(=O)NC)-c2cnn(c2)CCCCO1. The molecular formula is C30H33F3N7O5P. The number of rotatable bonds is 4. The fourth-order valence-electron chi connectivity index (χ4n) is 4.85. The van der Waals surface area contributed by atoms with Gasteiger partial charge in [0.2, 0.25) is 5.95 Å². The molecule has 244 valence electrons. The molecule has 3 aliphatic rings. The van der Waals surface area contributed by atoms with E-state index in [1.165, 1.54) is 20.2 Å². The number of alkyl halides is 3. The molecule has 1 amide bonds. The summed E-state index contributed by atoms with van der Waals surface area (Å²) in [6.45, 7) is 2.67. The standard InChI is InChI=1S/C30H33F3N7O5P/c1-4-44-46(42)18-19-7-9-25(26(13-19)43-3)38-29-35-16-23(30(31,32)33)27(39-29)37-24-10-8-20(14-22(24)28(41)34-2)21-15-36-40(17-21)11-5-6-12-45-46/h7-10,13-17H,4-6,11-12,18H2,1-3H3,(H,34,41)(H2,35,37,38,39). The molecule has 1 unspecified atom stereocenters. The van der Waals surface area contributed by atoms with Gasteiger partial charge < -0.3 is 29.7 Å². The number of carbonyl (C=O) groups excluding carboxylic acids is 1. The molecule has 3 aliphatic heterocycles. The number of hydrogen-bond acceptors (Lipinski definition) is 10. The molecule has 3 N–H and O–H groups in total. The molecule has 0 spiro atoms. The van der Waals surface area contributed by atoms with Gasteiger partial charge in [0.15, 0.2) is 0 Å². The Hall–Kier alpha value is -4.46. The minimum absolute atomic E-state index is 0.0181. The molecule has 1 atom stereocenters. The van der Waals surface area contributed by atoms with Crippen molar-refractivity contribution in [1.29, 1.82) is 0 Å². The zero-order chi connectivity index (χ0) is 32.9. The highest BCUT2D eigenvalue weighted by Gasteiger charge is 2.36. The highest BCUT2D eigenvalue weighted by atomic mass is 31.2. The highest BCUT2D eigenvalue weighted by Crippen LogP contribution is 2.52. The van der Waals surface area contributed by atoms with E-state index in [9.17, 15) is 22.5 Å². The Morgan fingerprint density at radius 2 is 1.91 bits per heavy atom. The number of hydrogen-bond donors (Lipinski definition) is 3. The van der Waals surface area contributed by atoms with E-state index in [1.54, 1.807) is 54.3 Å². The number of aromatic nitrogens is 4. The molecular weight excluding hydrogens is 626 g/mol. The molecule has 8 bridgehead atoms. The van der Waals surface area contributed by atoms with Crippen molar-refractivity contribution < 1.29 is 36.3 Å². The third kappa shape index (κ3) is 7.66. The number of nitrogens with one attached hydrogen (secondary N) is 3. The van der Waals surface area contributed by atoms with Crippen LogP contribution in [0.2, 0.25) is 0 Å². The molecule has 0 radical (unpaired) electrons. The predicted octanol–water partition coefficient (Wildman–Crippen LogP) is 6.75. The molecule has 12 nitrogen and oxygen atoms in total. The number of benzene rings is 2. The van der Waals surface area contributed by atoms with Crippen LogP contribution in [0.25, 0.3) is 11.1 Å². The van der Waals surface area contributed by atoms with E-state index in [2.05, 4.69) is 31.0 Å². The molecule has 5 heterocycles. The fourth-order valence-corrected chi connectivity index (χ4v) is 6.55. The predicted molar refractivity (Wildman–Crippen MR) is 166 cm³/mol. The summed E-state index contributed by atoms with van der Waals surface area (Å²) in [7, 11) is -0.663. The first kappa shape index (κ1) is 32.9. The number of fused-ring (bicyclic) bond motifs is 2. The number of methoxy groups -OCH3 is 1. The smallest absolute Gasteiger partial charge is 0.421 e. The first-order chi connectivity index (χ1) is 22.0. The van der Waals surface area contributed by atoms with Gasteiger partial charge in [0, 0.05) is 31.5 Å². The van der Waals surface area contributed by atoms with Crippen molar-refractivity contribution >= 4 is 36.6 Å². The third-order valence-corrected chi connectivity index (χ3v) is 9.07. The molecule has 7 rings (SSSR count). The van der Waals surface area contributed by atoms with Crippen LogP contribution in [0.4, 0.5) is 36.3 Å². The Labute approximate surface area is 263 Å². The lowest BCUT2D eigenvalue weighted by molar-refractivity contribution is -0.137. The van der Waals surface area contributed by atoms with Crippen LogP contribution in [0.3, 0.4) is 0 Å². The van der Waals surface area contributed by atoms with E-state index in [0.717, 1.165) is 0 Å². The van der Waals surface area contributed by atoms with E-state index in [4.69, 9.17) is 13.8 Å². The van der Waals surface area contributed by atoms with Gasteiger partial charge >= 0.3 is 13.8 Å². The Kier molecular flexibility index (Phi) is 9.94. The van der Waals surface area contributed by atoms with Gasteiger partial charge in [-0.15, -0.1) is 0 Å². The Balaban J connectivity index is 1.60. The van der Waals surface area contributed by atoms with E-state index in [-0.39, 0.29) is 36.6 Å². The van der Waals surface area contributed by atoms with Crippen molar-refractivity contribution in [1.82, 2.24) is 25.1 Å². The van der Waals surface area contributed by atoms with Crippen LogP contribution in [-0.2, 0) is 32.5 Å². The molecule has 0 saturated carbocycles. The molecule has 16 heteroatoms. The monoisotopic (exact) mass is 659 g/mol. The van der Waals surface area contributed by atoms with Gasteiger partial charge in [0.05, 0.1) is 49.6 Å². The second-order valence-electron chi connectivity index (χ2n) is 10.3. The lowest BCUT2D eigenvalue weighted by Gasteiger charge is -2.19. The van der Waals surface area contributed by atoms with E-state index in [1.807, 2.05) is 0 Å². The lowest BCUT2D eigenvalue weighted by Crippen LogP contribution is -2.20. The maximum absolute atomic E-state index is 14.1. The molecule has 0 saturated heterocycles. The van der Waals surface area contributed by atoms with Gasteiger partial charge in [-0.1, -0.05) is 12.1 Å². The van der Waals surface area contributed by atoms with Gasteiger partial charge in [0.25, 0.3) is 5.91 Å². The summed E-state index contributed by atoms with van der Waals surface area (Å²) in [4.78, 5) is 20.9. The molecule has 2 aromatic heterocycles. The first-order valence-electron chi connectivity index (χ1n) is 14.4. The number of ether oxygens (including phenoxy) is 1. The van der Waals surface area contributed by atoms with Gasteiger partial charge in [-0.2, -0.15) is 23.3 Å². The lowest BCUT2D eigenvalue weighted by atomic mass is 10.0. The van der Waals surface area contributed by atoms with Crippen molar-refractivity contribution in [3.63, 3.8) is 0 Å². The zero-order valence-corrected chi connectivity index (χ0v) is 26.2. The average Bonchev–Trinajstić information content (AvgIpc) is 3.49. The minimum Gasteiger partial charge on any atom is -0.495 e. The van der Waals surface area contributed by atoms with Crippen molar-refractivity contribution in [2.75, 3.05) is 38.0 Å². The maximum Gasteiger partial charge on any atom is 0.421 e. The first-order valence-corrected chi connectivity index (χ1v) is 16.2. The van der Waals surface area contributed by atoms with Crippen molar-refractivity contribution in [2.45, 2.75) is 38.6 Å². The number of aryl methyl sites for hydroxylation is 1. The van der Waals surface area contributed by atoms with Crippen LogP contribution in [0.1, 0.15) is 41.3 Å². The molecule has 46 heavy (non-hydrogen) atoms. The summed E-state index contributed by atoms with van der Waals surface area (Å²) in [5, 5.41) is 12.5. The number of amides is 1. The number of anilines is 4. The normalized spacial score (nSPS) is 17.2. The summed E-state index contributed by atoms with van der Waals surface area (Å²) < 4.78 is 74.4. The molecule has 2 aromatic carbocycles. The Bertz CT molecular complexity index is 1770. The summed E-state index contributed by atoms with van der Waals surface area (Å²) in [5.41, 5.74) is 1.35. The van der Waals surface area contributed by atoms with Crippen LogP contribution in [0, 0.1) is 0 Å². The van der Waals surface area contributed by atoms with Crippen LogP contribution in [0.15, 0.2) is 55.0 Å². The van der Waals surface area contributed by atoms with Crippen LogP contribution in [-0.4, -0.2) is 53.0 Å². The minimum atomic E-state index is -4.80. The molecule has 0 fully saturated rings. The number of nitrogens with zero attached hydrogens (tertiary/aromatic N) is 4. The Morgan fingerprint density at radius 3 is 2.65 bits per heavy atom. The summed E-state index contributed by atoms with van der Waals surface area (Å²) in [6, 6.07) is 9.65. The van der Waals surface area contributed by atoms with Crippen molar-refractivity contribution in [3.8, 4) is 16.9 Å². The summed E-state index contributed by atoms with van der Waals surface area (Å²) in [6.07, 6.45) is 0.541. The van der Waals surface area contributed by atoms with Crippen LogP contribution >= 0.6 is 7.60 Å². The van der Waals surface area contributed by atoms with Gasteiger partial charge in [-0.05, 0) is 55.2 Å². The Morgan fingerprint density at radius 1 is 1.11 bits per heavy atom. The van der Waals surface area contributed by atoms with E-state index < -0.39 is 31.1 Å². The number of carbonyl (C=O) groups is 1. The van der Waals surface area contributed by atoms with E-state index >= 15 is 0 Å². The second-order valence-corrected chi connectivity index (χ2v) is 12.4. The third-order valence-electron chi connectivity index (χ3n) is 7.09. The summed E-state index contributed by atoms with van der Waals surface area (Å²) >= 11 is 0. The quantitative estimate of drug-likeness (QED) is 0.201. The van der Waals surface area contributed by atoms with Crippen molar-refractivity contribution in [3.05, 3.63) is 71.7 Å². The topological polar surface area (TPSA) is 142 Å². The van der Waals surface area contributed by atoms with Gasteiger partial charge in [0.1, 0.15) is 17.1 Å². The summed E-state index contributed by atoms with van der Waals surface area (Å²) in [5.74, 6) is -0.960. The van der Waals surface area contributed by atoms with Crippen LogP contribution < -0.4 is 20.7 Å². The second kappa shape index (κ2) is 13.9. The largest absolute Gasteiger partial charge is 0.495 e. The average molecular weight is 660 g/mol. The van der Waals surface area contributed by atoms with Crippen LogP contribution in [0.5, 0.6) is 5.75 Å².